The second-order valence-electron chi connectivity index (χ2n) is 7.50. The Hall–Kier alpha value is -3.14. The molecule has 30 heavy (non-hydrogen) atoms. The van der Waals surface area contributed by atoms with Crippen molar-refractivity contribution in [1.82, 2.24) is 20.1 Å². The summed E-state index contributed by atoms with van der Waals surface area (Å²) in [4.78, 5) is 25.2. The number of nitrogens with one attached hydrogen (secondary N) is 3. The Morgan fingerprint density at radius 2 is 1.97 bits per heavy atom. The molecule has 0 saturated heterocycles. The fourth-order valence-corrected chi connectivity index (χ4v) is 4.49. The standard InChI is InChI=1S/C20H25N5O4S/c1-11-6-7-13(19(26)21-3)8-14(11)15-9-16-17(25(4)20(15)27)18(24-23-16)22-12(2)10-30(5,28)29/h6-9,12H,10H2,1-5H3,(H,21,26)(H2,22,23,24). The fourth-order valence-electron chi connectivity index (χ4n) is 3.50. The highest BCUT2D eigenvalue weighted by atomic mass is 32.2. The molecule has 0 aliphatic rings. The van der Waals surface area contributed by atoms with E-state index in [-0.39, 0.29) is 23.3 Å². The van der Waals surface area contributed by atoms with E-state index >= 15 is 0 Å². The summed E-state index contributed by atoms with van der Waals surface area (Å²) in [5.74, 6) is 0.115. The molecule has 160 valence electrons. The highest BCUT2D eigenvalue weighted by Gasteiger charge is 2.19. The number of nitrogens with zero attached hydrogens (tertiary/aromatic N) is 2. The quantitative estimate of drug-likeness (QED) is 0.542. The summed E-state index contributed by atoms with van der Waals surface area (Å²) in [6, 6.07) is 6.53. The molecule has 1 amide bonds. The van der Waals surface area contributed by atoms with Crippen LogP contribution in [0, 0.1) is 6.92 Å². The number of pyridine rings is 1. The van der Waals surface area contributed by atoms with E-state index in [1.54, 1.807) is 45.3 Å². The van der Waals surface area contributed by atoms with Gasteiger partial charge in [-0.2, -0.15) is 5.10 Å². The minimum atomic E-state index is -3.16. The van der Waals surface area contributed by atoms with E-state index in [0.29, 0.717) is 33.5 Å². The van der Waals surface area contributed by atoms with Crippen LogP contribution in [-0.4, -0.2) is 54.2 Å². The van der Waals surface area contributed by atoms with Crippen LogP contribution in [0.3, 0.4) is 0 Å². The summed E-state index contributed by atoms with van der Waals surface area (Å²) in [5.41, 5.74) is 3.33. The number of anilines is 1. The van der Waals surface area contributed by atoms with Crippen LogP contribution in [-0.2, 0) is 16.9 Å². The molecule has 2 aromatic heterocycles. The van der Waals surface area contributed by atoms with E-state index in [2.05, 4.69) is 20.8 Å². The van der Waals surface area contributed by atoms with Gasteiger partial charge in [0.2, 0.25) is 0 Å². The molecule has 2 heterocycles. The minimum absolute atomic E-state index is 0.0567. The summed E-state index contributed by atoms with van der Waals surface area (Å²) < 4.78 is 24.5. The van der Waals surface area contributed by atoms with Gasteiger partial charge in [-0.1, -0.05) is 6.07 Å². The first-order chi connectivity index (χ1) is 14.0. The van der Waals surface area contributed by atoms with E-state index < -0.39 is 9.84 Å². The van der Waals surface area contributed by atoms with Crippen molar-refractivity contribution >= 4 is 32.6 Å². The number of fused-ring (bicyclic) bond motifs is 1. The molecule has 10 heteroatoms. The average Bonchev–Trinajstić information content (AvgIpc) is 3.05. The zero-order valence-electron chi connectivity index (χ0n) is 17.5. The highest BCUT2D eigenvalue weighted by molar-refractivity contribution is 7.90. The fraction of sp³-hybridized carbons (Fsp3) is 0.350. The van der Waals surface area contributed by atoms with Crippen molar-refractivity contribution in [3.8, 4) is 11.1 Å². The summed E-state index contributed by atoms with van der Waals surface area (Å²) in [7, 11) is 0.0247. The minimum Gasteiger partial charge on any atom is -0.363 e. The van der Waals surface area contributed by atoms with E-state index in [1.165, 1.54) is 10.8 Å². The van der Waals surface area contributed by atoms with Gasteiger partial charge in [0.25, 0.3) is 11.5 Å². The molecule has 0 fully saturated rings. The number of rotatable bonds is 6. The van der Waals surface area contributed by atoms with Gasteiger partial charge in [0.05, 0.1) is 11.3 Å². The van der Waals surface area contributed by atoms with Gasteiger partial charge in [0.1, 0.15) is 15.4 Å². The van der Waals surface area contributed by atoms with Crippen molar-refractivity contribution in [2.45, 2.75) is 19.9 Å². The number of sulfone groups is 1. The van der Waals surface area contributed by atoms with Crippen molar-refractivity contribution < 1.29 is 13.2 Å². The molecule has 3 rings (SSSR count). The zero-order chi connectivity index (χ0) is 22.2. The van der Waals surface area contributed by atoms with Gasteiger partial charge in [-0.15, -0.1) is 0 Å². The molecule has 1 unspecified atom stereocenters. The smallest absolute Gasteiger partial charge is 0.258 e. The van der Waals surface area contributed by atoms with Gasteiger partial charge in [0, 0.05) is 37.5 Å². The lowest BCUT2D eigenvalue weighted by Gasteiger charge is -2.14. The van der Waals surface area contributed by atoms with Gasteiger partial charge in [0.15, 0.2) is 5.82 Å². The normalized spacial score (nSPS) is 12.7. The number of carbonyl (C=O) groups excluding carboxylic acids is 1. The van der Waals surface area contributed by atoms with Crippen molar-refractivity contribution in [2.75, 3.05) is 24.4 Å². The van der Waals surface area contributed by atoms with Crippen LogP contribution in [0.5, 0.6) is 0 Å². The van der Waals surface area contributed by atoms with Gasteiger partial charge >= 0.3 is 0 Å². The second-order valence-corrected chi connectivity index (χ2v) is 9.69. The van der Waals surface area contributed by atoms with Crippen LogP contribution >= 0.6 is 0 Å². The molecule has 1 aromatic carbocycles. The number of aromatic amines is 1. The van der Waals surface area contributed by atoms with Crippen LogP contribution < -0.4 is 16.2 Å². The van der Waals surface area contributed by atoms with Crippen molar-refractivity contribution in [3.63, 3.8) is 0 Å². The first-order valence-corrected chi connectivity index (χ1v) is 11.4. The molecule has 9 nitrogen and oxygen atoms in total. The topological polar surface area (TPSA) is 126 Å². The Morgan fingerprint density at radius 3 is 2.60 bits per heavy atom. The molecular weight excluding hydrogens is 406 g/mol. The molecule has 0 spiro atoms. The second kappa shape index (κ2) is 7.94. The number of hydrogen-bond donors (Lipinski definition) is 3. The van der Waals surface area contributed by atoms with Crippen LogP contribution in [0.1, 0.15) is 22.8 Å². The monoisotopic (exact) mass is 431 g/mol. The molecule has 0 aliphatic heterocycles. The lowest BCUT2D eigenvalue weighted by Crippen LogP contribution is -2.26. The number of benzene rings is 1. The Bertz CT molecular complexity index is 1290. The summed E-state index contributed by atoms with van der Waals surface area (Å²) in [6.45, 7) is 3.61. The van der Waals surface area contributed by atoms with Gasteiger partial charge in [-0.25, -0.2) is 8.42 Å². The largest absolute Gasteiger partial charge is 0.363 e. The lowest BCUT2D eigenvalue weighted by atomic mass is 9.98. The van der Waals surface area contributed by atoms with E-state index in [9.17, 15) is 18.0 Å². The van der Waals surface area contributed by atoms with Crippen molar-refractivity contribution in [2.24, 2.45) is 7.05 Å². The zero-order valence-corrected chi connectivity index (χ0v) is 18.3. The molecule has 0 saturated carbocycles. The average molecular weight is 432 g/mol. The van der Waals surface area contributed by atoms with Crippen LogP contribution in [0.2, 0.25) is 0 Å². The summed E-state index contributed by atoms with van der Waals surface area (Å²) in [6.07, 6.45) is 1.17. The SMILES string of the molecule is CNC(=O)c1ccc(C)c(-c2cc3[nH]nc(NC(C)CS(C)(=O)=O)c3n(C)c2=O)c1. The van der Waals surface area contributed by atoms with Crippen LogP contribution in [0.25, 0.3) is 22.2 Å². The molecule has 0 bridgehead atoms. The molecule has 0 aliphatic carbocycles. The summed E-state index contributed by atoms with van der Waals surface area (Å²) in [5, 5.41) is 12.8. The number of amides is 1. The maximum atomic E-state index is 13.1. The van der Waals surface area contributed by atoms with Crippen LogP contribution in [0.4, 0.5) is 5.82 Å². The maximum absolute atomic E-state index is 13.1. The number of carbonyl (C=O) groups is 1. The highest BCUT2D eigenvalue weighted by Crippen LogP contribution is 2.27. The first-order valence-electron chi connectivity index (χ1n) is 9.37. The molecular formula is C20H25N5O4S. The third kappa shape index (κ3) is 4.23. The van der Waals surface area contributed by atoms with Gasteiger partial charge in [-0.3, -0.25) is 14.7 Å². The summed E-state index contributed by atoms with van der Waals surface area (Å²) >= 11 is 0. The van der Waals surface area contributed by atoms with Crippen LogP contribution in [0.15, 0.2) is 29.1 Å². The predicted octanol–water partition coefficient (Wildman–Crippen LogP) is 1.44. The Labute approximate surface area is 174 Å². The third-order valence-electron chi connectivity index (χ3n) is 4.88. The molecule has 3 aromatic rings. The van der Waals surface area contributed by atoms with E-state index in [4.69, 9.17) is 0 Å². The van der Waals surface area contributed by atoms with E-state index in [1.807, 2.05) is 6.92 Å². The predicted molar refractivity (Wildman–Crippen MR) is 118 cm³/mol. The third-order valence-corrected chi connectivity index (χ3v) is 5.99. The Kier molecular flexibility index (Phi) is 5.71. The Balaban J connectivity index is 2.10. The van der Waals surface area contributed by atoms with Gasteiger partial charge < -0.3 is 15.2 Å². The number of aromatic nitrogens is 3. The number of H-pyrrole nitrogens is 1. The Morgan fingerprint density at radius 1 is 1.27 bits per heavy atom. The van der Waals surface area contributed by atoms with Crippen molar-refractivity contribution in [1.29, 1.82) is 0 Å². The molecule has 0 radical (unpaired) electrons. The molecule has 3 N–H and O–H groups in total. The maximum Gasteiger partial charge on any atom is 0.258 e. The number of hydrogen-bond acceptors (Lipinski definition) is 6. The van der Waals surface area contributed by atoms with E-state index in [0.717, 1.165) is 5.56 Å². The lowest BCUT2D eigenvalue weighted by molar-refractivity contribution is 0.0963. The molecule has 1 atom stereocenters. The van der Waals surface area contributed by atoms with Crippen molar-refractivity contribution in [3.05, 3.63) is 45.7 Å². The van der Waals surface area contributed by atoms with Gasteiger partial charge in [-0.05, 0) is 43.2 Å². The first kappa shape index (κ1) is 21.6. The number of aryl methyl sites for hydroxylation is 2.